The third kappa shape index (κ3) is 2.84. The highest BCUT2D eigenvalue weighted by molar-refractivity contribution is 7.78. The molecule has 1 unspecified atom stereocenters. The summed E-state index contributed by atoms with van der Waals surface area (Å²) in [4.78, 5) is 0. The van der Waals surface area contributed by atoms with Gasteiger partial charge in [0.2, 0.25) is 0 Å². The maximum atomic E-state index is 11.4. The molecule has 5 nitrogen and oxygen atoms in total. The van der Waals surface area contributed by atoms with Gasteiger partial charge in [0, 0.05) is 11.3 Å². The number of aromatic nitrogens is 2. The molecule has 122 valence electrons. The molecular formula is C18H17N3O2S. The Kier molecular flexibility index (Phi) is 4.47. The van der Waals surface area contributed by atoms with Gasteiger partial charge in [-0.15, -0.1) is 0 Å². The van der Waals surface area contributed by atoms with Crippen LogP contribution in [0.3, 0.4) is 0 Å². The van der Waals surface area contributed by atoms with E-state index in [4.69, 9.17) is 5.26 Å². The van der Waals surface area contributed by atoms with Crippen LogP contribution in [0.15, 0.2) is 36.4 Å². The minimum atomic E-state index is -1.96. The molecule has 0 fully saturated rings. The van der Waals surface area contributed by atoms with Crippen molar-refractivity contribution in [3.8, 4) is 17.2 Å². The van der Waals surface area contributed by atoms with Crippen molar-refractivity contribution >= 4 is 16.6 Å². The lowest BCUT2D eigenvalue weighted by Gasteiger charge is -2.14. The van der Waals surface area contributed by atoms with Crippen LogP contribution in [0.25, 0.3) is 16.6 Å². The molecule has 2 heterocycles. The molecule has 1 aromatic carbocycles. The lowest BCUT2D eigenvalue weighted by atomic mass is 9.99. The molecule has 0 radical (unpaired) electrons. The topological polar surface area (TPSA) is 78.4 Å². The van der Waals surface area contributed by atoms with Crippen LogP contribution in [0, 0.1) is 18.3 Å². The first kappa shape index (κ1) is 16.4. The lowest BCUT2D eigenvalue weighted by molar-refractivity contribution is 0.563. The van der Waals surface area contributed by atoms with E-state index in [9.17, 15) is 8.76 Å². The van der Waals surface area contributed by atoms with Crippen molar-refractivity contribution in [1.29, 1.82) is 5.26 Å². The smallest absolute Gasteiger partial charge is 0.157 e. The van der Waals surface area contributed by atoms with Crippen molar-refractivity contribution < 1.29 is 8.76 Å². The van der Waals surface area contributed by atoms with Gasteiger partial charge >= 0.3 is 0 Å². The summed E-state index contributed by atoms with van der Waals surface area (Å²) >= 11 is -1.96. The van der Waals surface area contributed by atoms with Crippen LogP contribution in [0.1, 0.15) is 29.4 Å². The summed E-state index contributed by atoms with van der Waals surface area (Å²) in [7, 11) is 0. The van der Waals surface area contributed by atoms with Gasteiger partial charge in [0.25, 0.3) is 0 Å². The first-order valence-electron chi connectivity index (χ1n) is 7.63. The molecular weight excluding hydrogens is 322 g/mol. The summed E-state index contributed by atoms with van der Waals surface area (Å²) in [6.45, 7) is 3.92. The highest BCUT2D eigenvalue weighted by atomic mass is 32.2. The molecule has 6 heteroatoms. The van der Waals surface area contributed by atoms with E-state index in [2.05, 4.69) is 18.1 Å². The summed E-state index contributed by atoms with van der Waals surface area (Å²) in [6.07, 6.45) is 0.846. The molecule has 3 rings (SSSR count). The highest BCUT2D eigenvalue weighted by Gasteiger charge is 2.18. The SMILES string of the molecule is CCc1ccc2c(-c3ccc(C#N)cc3)c(CS(=O)O)c(C)nn12. The number of benzene rings is 1. The van der Waals surface area contributed by atoms with Crippen molar-refractivity contribution in [3.05, 3.63) is 58.9 Å². The molecule has 1 N–H and O–H groups in total. The van der Waals surface area contributed by atoms with Crippen LogP contribution < -0.4 is 0 Å². The molecule has 24 heavy (non-hydrogen) atoms. The zero-order valence-corrected chi connectivity index (χ0v) is 14.3. The van der Waals surface area contributed by atoms with Crippen molar-refractivity contribution in [1.82, 2.24) is 9.61 Å². The fourth-order valence-corrected chi connectivity index (χ4v) is 3.53. The Morgan fingerprint density at radius 3 is 2.54 bits per heavy atom. The fraction of sp³-hybridized carbons (Fsp3) is 0.222. The summed E-state index contributed by atoms with van der Waals surface area (Å²) in [5.41, 5.74) is 5.86. The number of nitrogens with zero attached hydrogens (tertiary/aromatic N) is 3. The van der Waals surface area contributed by atoms with Gasteiger partial charge in [-0.05, 0) is 48.7 Å². The molecule has 2 aromatic heterocycles. The van der Waals surface area contributed by atoms with Gasteiger partial charge in [0.05, 0.1) is 28.6 Å². The monoisotopic (exact) mass is 339 g/mol. The second kappa shape index (κ2) is 6.56. The first-order valence-corrected chi connectivity index (χ1v) is 8.90. The van der Waals surface area contributed by atoms with Crippen LogP contribution in [0.2, 0.25) is 0 Å². The second-order valence-corrected chi connectivity index (χ2v) is 6.50. The molecule has 0 aliphatic carbocycles. The van der Waals surface area contributed by atoms with Crippen molar-refractivity contribution in [2.24, 2.45) is 0 Å². The van der Waals surface area contributed by atoms with Crippen LogP contribution in [0.4, 0.5) is 0 Å². The van der Waals surface area contributed by atoms with Gasteiger partial charge in [-0.2, -0.15) is 10.4 Å². The maximum Gasteiger partial charge on any atom is 0.157 e. The molecule has 3 aromatic rings. The third-order valence-corrected chi connectivity index (χ3v) is 4.65. The minimum Gasteiger partial charge on any atom is -0.306 e. The second-order valence-electron chi connectivity index (χ2n) is 5.57. The van der Waals surface area contributed by atoms with E-state index in [1.54, 1.807) is 12.1 Å². The Hall–Kier alpha value is -2.49. The molecule has 0 saturated heterocycles. The molecule has 0 amide bonds. The number of hydrogen-bond acceptors (Lipinski definition) is 3. The summed E-state index contributed by atoms with van der Waals surface area (Å²) in [6, 6.07) is 13.4. The molecule has 0 aliphatic rings. The van der Waals surface area contributed by atoms with Gasteiger partial charge in [-0.3, -0.25) is 0 Å². The van der Waals surface area contributed by atoms with E-state index in [0.717, 1.165) is 40.0 Å². The molecule has 0 aliphatic heterocycles. The molecule has 0 bridgehead atoms. The Labute approximate surface area is 142 Å². The predicted molar refractivity (Wildman–Crippen MR) is 93.9 cm³/mol. The molecule has 0 spiro atoms. The molecule has 0 saturated carbocycles. The van der Waals surface area contributed by atoms with Crippen molar-refractivity contribution in [2.45, 2.75) is 26.0 Å². The minimum absolute atomic E-state index is 0.0251. The highest BCUT2D eigenvalue weighted by Crippen LogP contribution is 2.32. The quantitative estimate of drug-likeness (QED) is 0.738. The van der Waals surface area contributed by atoms with E-state index >= 15 is 0 Å². The number of rotatable bonds is 4. The Morgan fingerprint density at radius 1 is 1.25 bits per heavy atom. The van der Waals surface area contributed by atoms with Gasteiger partial charge in [0.1, 0.15) is 0 Å². The standard InChI is InChI=1S/C18H17N3O2S/c1-3-15-8-9-17-18(14-6-4-13(10-19)5-7-14)16(11-24(22)23)12(2)20-21(15)17/h4-9H,3,11H2,1-2H3,(H,22,23). The summed E-state index contributed by atoms with van der Waals surface area (Å²) in [5.74, 6) is 0.0251. The first-order chi connectivity index (χ1) is 11.5. The Morgan fingerprint density at radius 2 is 1.96 bits per heavy atom. The van der Waals surface area contributed by atoms with Gasteiger partial charge in [-0.25, -0.2) is 8.72 Å². The number of fused-ring (bicyclic) bond motifs is 1. The Balaban J connectivity index is 2.34. The zero-order valence-electron chi connectivity index (χ0n) is 13.5. The summed E-state index contributed by atoms with van der Waals surface area (Å²) < 4.78 is 22.7. The van der Waals surface area contributed by atoms with Crippen LogP contribution in [-0.4, -0.2) is 18.4 Å². The summed E-state index contributed by atoms with van der Waals surface area (Å²) in [5, 5.41) is 13.6. The Bertz CT molecular complexity index is 969. The van der Waals surface area contributed by atoms with E-state index in [1.165, 1.54) is 0 Å². The van der Waals surface area contributed by atoms with E-state index < -0.39 is 11.1 Å². The number of aryl methyl sites for hydroxylation is 2. The number of hydrogen-bond donors (Lipinski definition) is 1. The van der Waals surface area contributed by atoms with Gasteiger partial charge in [-0.1, -0.05) is 19.1 Å². The van der Waals surface area contributed by atoms with Gasteiger partial charge < -0.3 is 4.55 Å². The average Bonchev–Trinajstić information content (AvgIpc) is 2.97. The third-order valence-electron chi connectivity index (χ3n) is 4.11. The van der Waals surface area contributed by atoms with Gasteiger partial charge in [0.15, 0.2) is 11.1 Å². The van der Waals surface area contributed by atoms with Crippen molar-refractivity contribution in [3.63, 3.8) is 0 Å². The van der Waals surface area contributed by atoms with E-state index in [0.29, 0.717) is 5.56 Å². The number of nitriles is 1. The van der Waals surface area contributed by atoms with Crippen LogP contribution in [0.5, 0.6) is 0 Å². The van der Waals surface area contributed by atoms with E-state index in [1.807, 2.05) is 35.7 Å². The largest absolute Gasteiger partial charge is 0.306 e. The lowest BCUT2D eigenvalue weighted by Crippen LogP contribution is -2.07. The fourth-order valence-electron chi connectivity index (χ4n) is 2.93. The average molecular weight is 339 g/mol. The molecule has 1 atom stereocenters. The predicted octanol–water partition coefficient (Wildman–Crippen LogP) is 3.47. The maximum absolute atomic E-state index is 11.4. The van der Waals surface area contributed by atoms with Crippen LogP contribution >= 0.6 is 0 Å². The van der Waals surface area contributed by atoms with Crippen LogP contribution in [-0.2, 0) is 23.3 Å². The van der Waals surface area contributed by atoms with Crippen molar-refractivity contribution in [2.75, 3.05) is 0 Å². The van der Waals surface area contributed by atoms with E-state index in [-0.39, 0.29) is 5.75 Å². The normalized spacial score (nSPS) is 12.2. The zero-order chi connectivity index (χ0) is 17.3.